The van der Waals surface area contributed by atoms with Gasteiger partial charge in [0.15, 0.2) is 11.5 Å². The predicted molar refractivity (Wildman–Crippen MR) is 81.7 cm³/mol. The zero-order valence-corrected chi connectivity index (χ0v) is 13.7. The van der Waals surface area contributed by atoms with Gasteiger partial charge >= 0.3 is 12.1 Å². The number of nitrogens with two attached hydrogens (primary N) is 1. The molecule has 142 valence electrons. The number of methoxy groups -OCH3 is 2. The van der Waals surface area contributed by atoms with Crippen LogP contribution in [0.2, 0.25) is 0 Å². The molecule has 0 saturated carbocycles. The van der Waals surface area contributed by atoms with Gasteiger partial charge in [-0.2, -0.15) is 13.2 Å². The van der Waals surface area contributed by atoms with Crippen LogP contribution in [-0.2, 0) is 11.2 Å². The minimum atomic E-state index is -5.08. The lowest BCUT2D eigenvalue weighted by molar-refractivity contribution is -0.192. The summed E-state index contributed by atoms with van der Waals surface area (Å²) >= 11 is 0. The quantitative estimate of drug-likeness (QED) is 0.718. The molecule has 0 atom stereocenters. The van der Waals surface area contributed by atoms with Crippen LogP contribution in [0.3, 0.4) is 0 Å². The Labute approximate surface area is 141 Å². The van der Waals surface area contributed by atoms with Gasteiger partial charge in [-0.25, -0.2) is 9.18 Å². The molecule has 0 unspecified atom stereocenters. The molecular formula is C15H19F4NO5. The molecule has 3 N–H and O–H groups in total. The van der Waals surface area contributed by atoms with E-state index in [1.165, 1.54) is 14.2 Å². The second-order valence-corrected chi connectivity index (χ2v) is 4.48. The molecule has 0 fully saturated rings. The Kier molecular flexibility index (Phi) is 9.36. The largest absolute Gasteiger partial charge is 0.493 e. The monoisotopic (exact) mass is 369 g/mol. The van der Waals surface area contributed by atoms with E-state index in [0.29, 0.717) is 30.2 Å². The fourth-order valence-electron chi connectivity index (χ4n) is 1.54. The van der Waals surface area contributed by atoms with Gasteiger partial charge in [0, 0.05) is 0 Å². The number of alkyl halides is 3. The number of carboxylic acid groups (broad SMARTS) is 1. The number of aliphatic carboxylic acids is 1. The summed E-state index contributed by atoms with van der Waals surface area (Å²) in [4.78, 5) is 8.90. The molecule has 1 aromatic rings. The normalized spacial score (nSPS) is 10.4. The molecule has 0 saturated heterocycles. The molecule has 0 bridgehead atoms. The number of carboxylic acids is 1. The van der Waals surface area contributed by atoms with Gasteiger partial charge in [0.25, 0.3) is 0 Å². The van der Waals surface area contributed by atoms with Crippen LogP contribution in [0.15, 0.2) is 24.5 Å². The average Bonchev–Trinajstić information content (AvgIpc) is 2.52. The molecule has 0 amide bonds. The van der Waals surface area contributed by atoms with Gasteiger partial charge in [-0.05, 0) is 30.7 Å². The molecule has 0 spiro atoms. The van der Waals surface area contributed by atoms with Crippen LogP contribution in [0.5, 0.6) is 17.2 Å². The van der Waals surface area contributed by atoms with E-state index >= 15 is 0 Å². The van der Waals surface area contributed by atoms with Gasteiger partial charge in [0.1, 0.15) is 12.4 Å². The molecule has 0 aliphatic rings. The second-order valence-electron chi connectivity index (χ2n) is 4.48. The molecule has 25 heavy (non-hydrogen) atoms. The van der Waals surface area contributed by atoms with Gasteiger partial charge in [0.2, 0.25) is 5.75 Å². The lowest BCUT2D eigenvalue weighted by atomic mass is 10.1. The van der Waals surface area contributed by atoms with Crippen molar-refractivity contribution in [1.82, 2.24) is 0 Å². The van der Waals surface area contributed by atoms with Crippen LogP contribution in [0, 0.1) is 0 Å². The van der Waals surface area contributed by atoms with E-state index in [-0.39, 0.29) is 6.61 Å². The van der Waals surface area contributed by atoms with Gasteiger partial charge < -0.3 is 25.1 Å². The Balaban J connectivity index is 0.000000697. The van der Waals surface area contributed by atoms with Crippen LogP contribution >= 0.6 is 0 Å². The lowest BCUT2D eigenvalue weighted by Crippen LogP contribution is -2.21. The standard InChI is InChI=1S/C13H18FNO3.C2HF3O2/c1-9(14)8-18-13-11(16-2)6-10(4-5-15)7-12(13)17-3;3-2(4,5)1(6)7/h6-7H,1,4-5,8,15H2,2-3H3;(H,6,7). The van der Waals surface area contributed by atoms with Crippen molar-refractivity contribution in [3.63, 3.8) is 0 Å². The molecular weight excluding hydrogens is 350 g/mol. The minimum absolute atomic E-state index is 0.233. The van der Waals surface area contributed by atoms with E-state index in [2.05, 4.69) is 6.58 Å². The molecule has 6 nitrogen and oxygen atoms in total. The maximum atomic E-state index is 12.6. The Bertz CT molecular complexity index is 565. The fourth-order valence-corrected chi connectivity index (χ4v) is 1.54. The van der Waals surface area contributed by atoms with Crippen molar-refractivity contribution in [3.8, 4) is 17.2 Å². The van der Waals surface area contributed by atoms with Crippen LogP contribution in [0.1, 0.15) is 5.56 Å². The third-order valence-electron chi connectivity index (χ3n) is 2.57. The van der Waals surface area contributed by atoms with Gasteiger partial charge in [-0.15, -0.1) is 0 Å². The number of benzene rings is 1. The van der Waals surface area contributed by atoms with Crippen LogP contribution < -0.4 is 19.9 Å². The highest BCUT2D eigenvalue weighted by atomic mass is 19.4. The van der Waals surface area contributed by atoms with Gasteiger partial charge in [-0.3, -0.25) is 0 Å². The van der Waals surface area contributed by atoms with E-state index in [1.54, 1.807) is 12.1 Å². The summed E-state index contributed by atoms with van der Waals surface area (Å²) in [5.41, 5.74) is 6.48. The highest BCUT2D eigenvalue weighted by Crippen LogP contribution is 2.38. The summed E-state index contributed by atoms with van der Waals surface area (Å²) in [5.74, 6) is -1.99. The Morgan fingerprint density at radius 2 is 1.68 bits per heavy atom. The Morgan fingerprint density at radius 3 is 1.96 bits per heavy atom. The molecule has 1 rings (SSSR count). The second kappa shape index (κ2) is 10.4. The number of halogens is 4. The third-order valence-corrected chi connectivity index (χ3v) is 2.57. The van der Waals surface area contributed by atoms with E-state index in [0.717, 1.165) is 5.56 Å². The van der Waals surface area contributed by atoms with Crippen molar-refractivity contribution in [2.75, 3.05) is 27.4 Å². The molecule has 10 heteroatoms. The van der Waals surface area contributed by atoms with Gasteiger partial charge in [0.05, 0.1) is 14.2 Å². The van der Waals surface area contributed by atoms with Crippen molar-refractivity contribution >= 4 is 5.97 Å². The van der Waals surface area contributed by atoms with E-state index in [9.17, 15) is 17.6 Å². The van der Waals surface area contributed by atoms with E-state index in [4.69, 9.17) is 29.8 Å². The summed E-state index contributed by atoms with van der Waals surface area (Å²) in [5, 5.41) is 7.12. The topological polar surface area (TPSA) is 91.0 Å². The molecule has 0 aromatic heterocycles. The Morgan fingerprint density at radius 1 is 1.24 bits per heavy atom. The number of hydrogen-bond acceptors (Lipinski definition) is 5. The molecule has 0 radical (unpaired) electrons. The molecule has 0 aliphatic heterocycles. The number of carbonyl (C=O) groups is 1. The molecule has 1 aromatic carbocycles. The average molecular weight is 369 g/mol. The number of ether oxygens (including phenoxy) is 3. The number of hydrogen-bond donors (Lipinski definition) is 2. The zero-order chi connectivity index (χ0) is 19.6. The zero-order valence-electron chi connectivity index (χ0n) is 13.7. The summed E-state index contributed by atoms with van der Waals surface area (Å²) in [6, 6.07) is 3.59. The fraction of sp³-hybridized carbons (Fsp3) is 0.400. The smallest absolute Gasteiger partial charge is 0.490 e. The summed E-state index contributed by atoms with van der Waals surface area (Å²) in [7, 11) is 3.02. The lowest BCUT2D eigenvalue weighted by Gasteiger charge is -2.15. The highest BCUT2D eigenvalue weighted by molar-refractivity contribution is 5.73. The van der Waals surface area contributed by atoms with Crippen molar-refractivity contribution < 1.29 is 41.7 Å². The molecule has 0 heterocycles. The summed E-state index contributed by atoms with van der Waals surface area (Å²) < 4.78 is 60.1. The third kappa shape index (κ3) is 8.25. The highest BCUT2D eigenvalue weighted by Gasteiger charge is 2.38. The van der Waals surface area contributed by atoms with Crippen molar-refractivity contribution in [2.24, 2.45) is 5.73 Å². The van der Waals surface area contributed by atoms with E-state index in [1.807, 2.05) is 0 Å². The number of rotatable bonds is 7. The Hall–Kier alpha value is -2.49. The maximum Gasteiger partial charge on any atom is 0.490 e. The predicted octanol–water partition coefficient (Wildman–Crippen LogP) is 2.70. The first kappa shape index (κ1) is 22.5. The van der Waals surface area contributed by atoms with Crippen LogP contribution in [0.4, 0.5) is 17.6 Å². The summed E-state index contributed by atoms with van der Waals surface area (Å²) in [6.45, 7) is 3.43. The van der Waals surface area contributed by atoms with Crippen molar-refractivity contribution in [2.45, 2.75) is 12.6 Å². The van der Waals surface area contributed by atoms with Gasteiger partial charge in [-0.1, -0.05) is 6.58 Å². The van der Waals surface area contributed by atoms with Crippen molar-refractivity contribution in [1.29, 1.82) is 0 Å². The molecule has 0 aliphatic carbocycles. The minimum Gasteiger partial charge on any atom is -0.493 e. The van der Waals surface area contributed by atoms with E-state index < -0.39 is 18.0 Å². The maximum absolute atomic E-state index is 12.6. The first-order chi connectivity index (χ1) is 11.6. The SMILES string of the molecule is C=C(F)COc1c(OC)cc(CCN)cc1OC.O=C(O)C(F)(F)F. The van der Waals surface area contributed by atoms with Crippen molar-refractivity contribution in [3.05, 3.63) is 30.1 Å². The van der Waals surface area contributed by atoms with Crippen LogP contribution in [-0.4, -0.2) is 44.6 Å². The first-order valence-corrected chi connectivity index (χ1v) is 6.77. The van der Waals surface area contributed by atoms with Crippen LogP contribution in [0.25, 0.3) is 0 Å². The first-order valence-electron chi connectivity index (χ1n) is 6.77. The summed E-state index contributed by atoms with van der Waals surface area (Å²) in [6.07, 6.45) is -4.39.